The van der Waals surface area contributed by atoms with Crippen molar-refractivity contribution in [1.82, 2.24) is 9.88 Å². The SMILES string of the molecule is CCN1CCN(c2nc3c(cc2-c2ccc(F)cc2)CCCCCC3)CC1. The highest BCUT2D eigenvalue weighted by Gasteiger charge is 2.22. The maximum absolute atomic E-state index is 13.5. The molecule has 144 valence electrons. The number of halogens is 1. The summed E-state index contributed by atoms with van der Waals surface area (Å²) in [6.07, 6.45) is 7.30. The number of benzene rings is 1. The van der Waals surface area contributed by atoms with Crippen LogP contribution in [0.15, 0.2) is 30.3 Å². The Morgan fingerprint density at radius 2 is 1.63 bits per heavy atom. The molecule has 0 saturated carbocycles. The van der Waals surface area contributed by atoms with Crippen LogP contribution in [0.1, 0.15) is 43.9 Å². The van der Waals surface area contributed by atoms with Gasteiger partial charge in [-0.2, -0.15) is 0 Å². The fourth-order valence-electron chi connectivity index (χ4n) is 4.34. The van der Waals surface area contributed by atoms with E-state index in [9.17, 15) is 4.39 Å². The molecule has 1 fully saturated rings. The molecule has 1 aliphatic heterocycles. The molecule has 2 heterocycles. The van der Waals surface area contributed by atoms with Crippen LogP contribution in [0.2, 0.25) is 0 Å². The Labute approximate surface area is 162 Å². The second-order valence-electron chi connectivity index (χ2n) is 7.81. The number of aryl methyl sites for hydroxylation is 2. The summed E-state index contributed by atoms with van der Waals surface area (Å²) in [5.74, 6) is 0.910. The molecule has 1 aliphatic carbocycles. The first-order valence-corrected chi connectivity index (χ1v) is 10.5. The van der Waals surface area contributed by atoms with Crippen LogP contribution in [0.25, 0.3) is 11.1 Å². The second-order valence-corrected chi connectivity index (χ2v) is 7.81. The molecular formula is C23H30FN3. The van der Waals surface area contributed by atoms with Crippen molar-refractivity contribution in [3.63, 3.8) is 0 Å². The first kappa shape index (κ1) is 18.4. The van der Waals surface area contributed by atoms with Gasteiger partial charge in [-0.05, 0) is 61.6 Å². The largest absolute Gasteiger partial charge is 0.354 e. The zero-order valence-corrected chi connectivity index (χ0v) is 16.4. The van der Waals surface area contributed by atoms with Crippen molar-refractivity contribution in [3.05, 3.63) is 47.4 Å². The molecule has 0 atom stereocenters. The van der Waals surface area contributed by atoms with Gasteiger partial charge in [0.2, 0.25) is 0 Å². The fraction of sp³-hybridized carbons (Fsp3) is 0.522. The summed E-state index contributed by atoms with van der Waals surface area (Å²) in [5.41, 5.74) is 4.92. The van der Waals surface area contributed by atoms with Crippen LogP contribution >= 0.6 is 0 Å². The minimum atomic E-state index is -0.184. The van der Waals surface area contributed by atoms with Gasteiger partial charge in [-0.25, -0.2) is 9.37 Å². The monoisotopic (exact) mass is 367 g/mol. The molecule has 1 saturated heterocycles. The molecule has 3 nitrogen and oxygen atoms in total. The van der Waals surface area contributed by atoms with Gasteiger partial charge >= 0.3 is 0 Å². The van der Waals surface area contributed by atoms with Crippen LogP contribution in [0.5, 0.6) is 0 Å². The number of fused-ring (bicyclic) bond motifs is 1. The summed E-state index contributed by atoms with van der Waals surface area (Å²) in [6, 6.07) is 9.26. The fourth-order valence-corrected chi connectivity index (χ4v) is 4.34. The lowest BCUT2D eigenvalue weighted by Crippen LogP contribution is -2.46. The van der Waals surface area contributed by atoms with Crippen LogP contribution in [-0.4, -0.2) is 42.6 Å². The van der Waals surface area contributed by atoms with Crippen molar-refractivity contribution in [2.45, 2.75) is 45.4 Å². The zero-order valence-electron chi connectivity index (χ0n) is 16.4. The molecule has 1 aromatic carbocycles. The number of nitrogens with zero attached hydrogens (tertiary/aromatic N) is 3. The maximum Gasteiger partial charge on any atom is 0.136 e. The second kappa shape index (κ2) is 8.39. The molecule has 0 unspecified atom stereocenters. The van der Waals surface area contributed by atoms with Gasteiger partial charge in [-0.1, -0.05) is 31.9 Å². The van der Waals surface area contributed by atoms with Crippen LogP contribution in [-0.2, 0) is 12.8 Å². The molecule has 27 heavy (non-hydrogen) atoms. The Hall–Kier alpha value is -1.94. The summed E-state index contributed by atoms with van der Waals surface area (Å²) >= 11 is 0. The average Bonchev–Trinajstić information content (AvgIpc) is 2.69. The van der Waals surface area contributed by atoms with Gasteiger partial charge in [-0.3, -0.25) is 0 Å². The molecule has 0 spiro atoms. The van der Waals surface area contributed by atoms with Gasteiger partial charge in [0.15, 0.2) is 0 Å². The smallest absolute Gasteiger partial charge is 0.136 e. The highest BCUT2D eigenvalue weighted by molar-refractivity contribution is 5.77. The summed E-state index contributed by atoms with van der Waals surface area (Å²) in [4.78, 5) is 10.1. The molecule has 4 heteroatoms. The summed E-state index contributed by atoms with van der Waals surface area (Å²) < 4.78 is 13.5. The van der Waals surface area contributed by atoms with E-state index in [1.807, 2.05) is 12.1 Å². The van der Waals surface area contributed by atoms with E-state index in [0.717, 1.165) is 56.9 Å². The lowest BCUT2D eigenvalue weighted by molar-refractivity contribution is 0.270. The highest BCUT2D eigenvalue weighted by Crippen LogP contribution is 2.34. The first-order chi connectivity index (χ1) is 13.2. The Balaban J connectivity index is 1.74. The van der Waals surface area contributed by atoms with Gasteiger partial charge in [0, 0.05) is 37.4 Å². The Bertz CT molecular complexity index is 764. The topological polar surface area (TPSA) is 19.4 Å². The highest BCUT2D eigenvalue weighted by atomic mass is 19.1. The number of rotatable bonds is 3. The predicted octanol–water partition coefficient (Wildman–Crippen LogP) is 4.69. The van der Waals surface area contributed by atoms with Gasteiger partial charge < -0.3 is 9.80 Å². The molecule has 0 bridgehead atoms. The Morgan fingerprint density at radius 3 is 2.33 bits per heavy atom. The van der Waals surface area contributed by atoms with E-state index in [2.05, 4.69) is 22.8 Å². The third-order valence-electron chi connectivity index (χ3n) is 6.05. The Kier molecular flexibility index (Phi) is 5.72. The maximum atomic E-state index is 13.5. The lowest BCUT2D eigenvalue weighted by atomic mass is 9.94. The summed E-state index contributed by atoms with van der Waals surface area (Å²) in [6.45, 7) is 7.51. The number of piperazine rings is 1. The number of aromatic nitrogens is 1. The summed E-state index contributed by atoms with van der Waals surface area (Å²) in [7, 11) is 0. The molecule has 1 aromatic heterocycles. The minimum Gasteiger partial charge on any atom is -0.354 e. The van der Waals surface area contributed by atoms with Gasteiger partial charge in [0.05, 0.1) is 0 Å². The molecular weight excluding hydrogens is 337 g/mol. The van der Waals surface area contributed by atoms with Crippen molar-refractivity contribution in [2.75, 3.05) is 37.6 Å². The van der Waals surface area contributed by atoms with Crippen molar-refractivity contribution in [3.8, 4) is 11.1 Å². The molecule has 0 radical (unpaired) electrons. The molecule has 0 N–H and O–H groups in total. The molecule has 0 amide bonds. The van der Waals surface area contributed by atoms with Crippen molar-refractivity contribution >= 4 is 5.82 Å². The number of pyridine rings is 1. The predicted molar refractivity (Wildman–Crippen MR) is 110 cm³/mol. The molecule has 4 rings (SSSR count). The molecule has 2 aliphatic rings. The van der Waals surface area contributed by atoms with Crippen LogP contribution in [0.4, 0.5) is 10.2 Å². The lowest BCUT2D eigenvalue weighted by Gasteiger charge is -2.36. The van der Waals surface area contributed by atoms with Gasteiger partial charge in [0.1, 0.15) is 11.6 Å². The third-order valence-corrected chi connectivity index (χ3v) is 6.05. The van der Waals surface area contributed by atoms with Crippen molar-refractivity contribution < 1.29 is 4.39 Å². The van der Waals surface area contributed by atoms with Crippen molar-refractivity contribution in [2.24, 2.45) is 0 Å². The van der Waals surface area contributed by atoms with Gasteiger partial charge in [0.25, 0.3) is 0 Å². The van der Waals surface area contributed by atoms with E-state index in [-0.39, 0.29) is 5.82 Å². The van der Waals surface area contributed by atoms with E-state index in [0.29, 0.717) is 0 Å². The normalized spacial score (nSPS) is 18.7. The summed E-state index contributed by atoms with van der Waals surface area (Å²) in [5, 5.41) is 0. The number of anilines is 1. The van der Waals surface area contributed by atoms with Gasteiger partial charge in [-0.15, -0.1) is 0 Å². The first-order valence-electron chi connectivity index (χ1n) is 10.5. The molecule has 2 aromatic rings. The third kappa shape index (κ3) is 4.16. The van der Waals surface area contributed by atoms with Crippen LogP contribution in [0, 0.1) is 5.82 Å². The van der Waals surface area contributed by atoms with Crippen molar-refractivity contribution in [1.29, 1.82) is 0 Å². The van der Waals surface area contributed by atoms with E-state index in [4.69, 9.17) is 4.98 Å². The average molecular weight is 368 g/mol. The van der Waals surface area contributed by atoms with Crippen LogP contribution < -0.4 is 4.90 Å². The van der Waals surface area contributed by atoms with E-state index in [1.54, 1.807) is 12.1 Å². The standard InChI is InChI=1S/C23H30FN3/c1-2-26-13-15-27(16-14-26)23-21(18-9-11-20(24)12-10-18)17-19-7-5-3-4-6-8-22(19)25-23/h9-12,17H,2-8,13-16H2,1H3. The number of likely N-dealkylation sites (N-methyl/N-ethyl adjacent to an activating group) is 1. The van der Waals surface area contributed by atoms with Crippen LogP contribution in [0.3, 0.4) is 0 Å². The minimum absolute atomic E-state index is 0.184. The van der Waals surface area contributed by atoms with E-state index < -0.39 is 0 Å². The quantitative estimate of drug-likeness (QED) is 0.785. The van der Waals surface area contributed by atoms with E-state index >= 15 is 0 Å². The zero-order chi connectivity index (χ0) is 18.6. The van der Waals surface area contributed by atoms with E-state index in [1.165, 1.54) is 42.5 Å². The number of hydrogen-bond acceptors (Lipinski definition) is 3. The Morgan fingerprint density at radius 1 is 0.926 bits per heavy atom. The number of hydrogen-bond donors (Lipinski definition) is 0.